The van der Waals surface area contributed by atoms with E-state index in [4.69, 9.17) is 32.4 Å². The van der Waals surface area contributed by atoms with E-state index in [2.05, 4.69) is 4.98 Å². The standard InChI is InChI=1S/C26H20Cl2N2O5/c1-13-20(16-7-3-4-8-19(16)29-13)22-21(23(31)17-10-14(27)11-18(28)25(17)34-2)24(32)26(33)30(22)12-15-6-5-9-35-15/h3-11,22,29,31H,12H2,1-2H3/b23-21+. The number of aliphatic hydroxyl groups is 1. The minimum atomic E-state index is -0.904. The number of aromatic nitrogens is 1. The first-order valence-electron chi connectivity index (χ1n) is 10.7. The van der Waals surface area contributed by atoms with Gasteiger partial charge in [-0.3, -0.25) is 9.59 Å². The molecule has 5 rings (SSSR count). The minimum Gasteiger partial charge on any atom is -0.507 e. The third kappa shape index (κ3) is 3.77. The van der Waals surface area contributed by atoms with Gasteiger partial charge in [-0.1, -0.05) is 41.4 Å². The number of rotatable bonds is 5. The van der Waals surface area contributed by atoms with Gasteiger partial charge < -0.3 is 24.1 Å². The lowest BCUT2D eigenvalue weighted by atomic mass is 9.93. The third-order valence-corrected chi connectivity index (χ3v) is 6.63. The van der Waals surface area contributed by atoms with E-state index in [1.165, 1.54) is 30.4 Å². The summed E-state index contributed by atoms with van der Waals surface area (Å²) in [5.41, 5.74) is 2.31. The number of furan rings is 1. The number of ether oxygens (including phenoxy) is 1. The molecular weight excluding hydrogens is 491 g/mol. The van der Waals surface area contributed by atoms with Gasteiger partial charge in [0.2, 0.25) is 0 Å². The number of hydrogen-bond donors (Lipinski definition) is 2. The second-order valence-corrected chi connectivity index (χ2v) is 9.03. The first-order chi connectivity index (χ1) is 16.8. The molecule has 2 aromatic carbocycles. The molecule has 178 valence electrons. The van der Waals surface area contributed by atoms with Crippen LogP contribution in [-0.2, 0) is 16.1 Å². The van der Waals surface area contributed by atoms with Crippen molar-refractivity contribution in [1.29, 1.82) is 0 Å². The molecule has 1 atom stereocenters. The number of ketones is 1. The number of likely N-dealkylation sites (tertiary alicyclic amines) is 1. The van der Waals surface area contributed by atoms with Gasteiger partial charge in [0.05, 0.1) is 42.1 Å². The highest BCUT2D eigenvalue weighted by atomic mass is 35.5. The molecule has 2 N–H and O–H groups in total. The van der Waals surface area contributed by atoms with E-state index >= 15 is 0 Å². The molecule has 1 unspecified atom stereocenters. The molecule has 0 aliphatic carbocycles. The summed E-state index contributed by atoms with van der Waals surface area (Å²) in [4.78, 5) is 31.4. The number of aromatic amines is 1. The lowest BCUT2D eigenvalue weighted by molar-refractivity contribution is -0.140. The Balaban J connectivity index is 1.80. The number of halogens is 2. The molecule has 35 heavy (non-hydrogen) atoms. The van der Waals surface area contributed by atoms with Crippen LogP contribution in [0.1, 0.15) is 28.6 Å². The number of Topliss-reactive ketones (excluding diaryl/α,β-unsaturated/α-hetero) is 1. The topological polar surface area (TPSA) is 95.8 Å². The zero-order valence-corrected chi connectivity index (χ0v) is 20.3. The number of methoxy groups -OCH3 is 1. The first kappa shape index (κ1) is 23.1. The molecule has 1 amide bonds. The van der Waals surface area contributed by atoms with Gasteiger partial charge in [-0.15, -0.1) is 0 Å². The minimum absolute atomic E-state index is 0.0331. The molecule has 1 fully saturated rings. The molecule has 0 bridgehead atoms. The van der Waals surface area contributed by atoms with Crippen molar-refractivity contribution in [3.63, 3.8) is 0 Å². The van der Waals surface area contributed by atoms with Crippen LogP contribution >= 0.6 is 23.2 Å². The predicted octanol–water partition coefficient (Wildman–Crippen LogP) is 6.01. The highest BCUT2D eigenvalue weighted by Crippen LogP contribution is 2.46. The number of aryl methyl sites for hydroxylation is 1. The zero-order valence-electron chi connectivity index (χ0n) is 18.8. The van der Waals surface area contributed by atoms with Crippen LogP contribution in [0.15, 0.2) is 64.8 Å². The van der Waals surface area contributed by atoms with Crippen molar-refractivity contribution in [3.8, 4) is 5.75 Å². The highest BCUT2D eigenvalue weighted by molar-refractivity contribution is 6.47. The van der Waals surface area contributed by atoms with E-state index < -0.39 is 23.5 Å². The summed E-state index contributed by atoms with van der Waals surface area (Å²) >= 11 is 12.5. The molecule has 2 aromatic heterocycles. The summed E-state index contributed by atoms with van der Waals surface area (Å²) in [5, 5.41) is 12.7. The number of nitrogens with one attached hydrogen (secondary N) is 1. The molecule has 1 aliphatic rings. The van der Waals surface area contributed by atoms with E-state index in [0.29, 0.717) is 11.3 Å². The maximum atomic E-state index is 13.4. The lowest BCUT2D eigenvalue weighted by Gasteiger charge is -2.25. The Morgan fingerprint density at radius 2 is 1.94 bits per heavy atom. The van der Waals surface area contributed by atoms with E-state index in [0.717, 1.165) is 16.6 Å². The Labute approximate surface area is 210 Å². The van der Waals surface area contributed by atoms with Crippen molar-refractivity contribution >= 4 is 51.6 Å². The number of para-hydroxylation sites is 1. The maximum absolute atomic E-state index is 13.4. The number of amides is 1. The molecule has 0 saturated carbocycles. The lowest BCUT2D eigenvalue weighted by Crippen LogP contribution is -2.29. The zero-order chi connectivity index (χ0) is 24.9. The van der Waals surface area contributed by atoms with Crippen molar-refractivity contribution in [1.82, 2.24) is 9.88 Å². The number of fused-ring (bicyclic) bond motifs is 1. The van der Waals surface area contributed by atoms with Crippen LogP contribution in [0, 0.1) is 6.92 Å². The van der Waals surface area contributed by atoms with Crippen LogP contribution < -0.4 is 4.74 Å². The van der Waals surface area contributed by atoms with E-state index in [1.807, 2.05) is 31.2 Å². The van der Waals surface area contributed by atoms with Crippen LogP contribution in [-0.4, -0.2) is 33.8 Å². The SMILES string of the molecule is COc1c(Cl)cc(Cl)cc1/C(O)=C1\C(=O)C(=O)N(Cc2ccco2)C1c1c(C)[nH]c2ccccc12. The summed E-state index contributed by atoms with van der Waals surface area (Å²) in [5.74, 6) is -1.38. The first-order valence-corrected chi connectivity index (χ1v) is 11.5. The Morgan fingerprint density at radius 3 is 2.66 bits per heavy atom. The van der Waals surface area contributed by atoms with Gasteiger partial charge in [-0.25, -0.2) is 0 Å². The largest absolute Gasteiger partial charge is 0.507 e. The van der Waals surface area contributed by atoms with Crippen molar-refractivity contribution in [3.05, 3.63) is 93.0 Å². The predicted molar refractivity (Wildman–Crippen MR) is 133 cm³/mol. The van der Waals surface area contributed by atoms with Crippen molar-refractivity contribution < 1.29 is 23.8 Å². The average molecular weight is 511 g/mol. The number of hydrogen-bond acceptors (Lipinski definition) is 5. The molecule has 0 spiro atoms. The summed E-state index contributed by atoms with van der Waals surface area (Å²) in [7, 11) is 1.39. The Hall–Kier alpha value is -3.68. The van der Waals surface area contributed by atoms with Gasteiger partial charge in [0, 0.05) is 27.2 Å². The summed E-state index contributed by atoms with van der Waals surface area (Å²) in [6.45, 7) is 1.89. The Bertz CT molecular complexity index is 1500. The maximum Gasteiger partial charge on any atom is 0.296 e. The highest BCUT2D eigenvalue weighted by Gasteiger charge is 2.48. The summed E-state index contributed by atoms with van der Waals surface area (Å²) < 4.78 is 10.9. The number of aliphatic hydroxyl groups excluding tert-OH is 1. The van der Waals surface area contributed by atoms with Crippen molar-refractivity contribution in [2.24, 2.45) is 0 Å². The van der Waals surface area contributed by atoms with E-state index in [1.54, 1.807) is 12.1 Å². The number of benzene rings is 2. The number of nitrogens with zero attached hydrogens (tertiary/aromatic N) is 1. The van der Waals surface area contributed by atoms with Crippen molar-refractivity contribution in [2.75, 3.05) is 7.11 Å². The van der Waals surface area contributed by atoms with E-state index in [-0.39, 0.29) is 33.5 Å². The fourth-order valence-electron chi connectivity index (χ4n) is 4.65. The van der Waals surface area contributed by atoms with Gasteiger partial charge in [0.25, 0.3) is 11.7 Å². The van der Waals surface area contributed by atoms with Crippen molar-refractivity contribution in [2.45, 2.75) is 19.5 Å². The number of carbonyl (C=O) groups is 2. The third-order valence-electron chi connectivity index (χ3n) is 6.13. The fourth-order valence-corrected chi connectivity index (χ4v) is 5.22. The molecule has 4 aromatic rings. The number of H-pyrrole nitrogens is 1. The second-order valence-electron chi connectivity index (χ2n) is 8.18. The Morgan fingerprint density at radius 1 is 1.17 bits per heavy atom. The van der Waals surface area contributed by atoms with Gasteiger partial charge in [-0.05, 0) is 37.3 Å². The summed E-state index contributed by atoms with van der Waals surface area (Å²) in [6.07, 6.45) is 1.50. The van der Waals surface area contributed by atoms with Gasteiger partial charge in [-0.2, -0.15) is 0 Å². The van der Waals surface area contributed by atoms with Crippen LogP contribution in [0.5, 0.6) is 5.75 Å². The number of carbonyl (C=O) groups excluding carboxylic acids is 2. The molecule has 9 heteroatoms. The fraction of sp³-hybridized carbons (Fsp3) is 0.154. The Kier molecular flexibility index (Phi) is 5.83. The van der Waals surface area contributed by atoms with E-state index in [9.17, 15) is 14.7 Å². The van der Waals surface area contributed by atoms with Gasteiger partial charge in [0.15, 0.2) is 0 Å². The molecule has 1 aliphatic heterocycles. The average Bonchev–Trinajstić information content (AvgIpc) is 3.51. The van der Waals surface area contributed by atoms with Crippen LogP contribution in [0.25, 0.3) is 16.7 Å². The van der Waals surface area contributed by atoms with Gasteiger partial charge >= 0.3 is 0 Å². The van der Waals surface area contributed by atoms with Crippen LogP contribution in [0.4, 0.5) is 0 Å². The van der Waals surface area contributed by atoms with Gasteiger partial charge in [0.1, 0.15) is 17.3 Å². The molecule has 1 saturated heterocycles. The van der Waals surface area contributed by atoms with Crippen LogP contribution in [0.2, 0.25) is 10.0 Å². The monoisotopic (exact) mass is 510 g/mol. The molecule has 0 radical (unpaired) electrons. The molecule has 7 nitrogen and oxygen atoms in total. The van der Waals surface area contributed by atoms with Crippen LogP contribution in [0.3, 0.4) is 0 Å². The smallest absolute Gasteiger partial charge is 0.296 e. The summed E-state index contributed by atoms with van der Waals surface area (Å²) in [6, 6.07) is 13.0. The molecule has 3 heterocycles. The second kappa shape index (κ2) is 8.83. The molecular formula is C26H20Cl2N2O5. The normalized spacial score (nSPS) is 17.5. The quantitative estimate of drug-likeness (QED) is 0.195.